The number of nitrogens with zero attached hydrogens (tertiary/aromatic N) is 2. The van der Waals surface area contributed by atoms with Crippen molar-refractivity contribution < 1.29 is 0 Å². The number of rotatable bonds is 4. The van der Waals surface area contributed by atoms with Crippen LogP contribution in [0.5, 0.6) is 0 Å². The molecular weight excluding hydrogens is 355 g/mol. The molecule has 0 unspecified atom stereocenters. The topological polar surface area (TPSA) is 49.8 Å². The van der Waals surface area contributed by atoms with Crippen molar-refractivity contribution in [3.63, 3.8) is 0 Å². The van der Waals surface area contributed by atoms with E-state index < -0.39 is 0 Å². The second-order valence-electron chi connectivity index (χ2n) is 4.62. The number of para-hydroxylation sites is 1. The molecule has 0 aliphatic carbocycles. The van der Waals surface area contributed by atoms with Gasteiger partial charge in [-0.15, -0.1) is 0 Å². The van der Waals surface area contributed by atoms with E-state index in [0.717, 1.165) is 5.69 Å². The summed E-state index contributed by atoms with van der Waals surface area (Å²) in [4.78, 5) is 8.55. The summed E-state index contributed by atoms with van der Waals surface area (Å²) in [5.41, 5.74) is 1.40. The monoisotopic (exact) mass is 364 g/mol. The number of halogens is 3. The quantitative estimate of drug-likeness (QED) is 0.602. The Balaban J connectivity index is 1.83. The summed E-state index contributed by atoms with van der Waals surface area (Å²) in [6, 6.07) is 14.3. The lowest BCUT2D eigenvalue weighted by atomic mass is 10.3. The molecule has 1 heterocycles. The molecule has 0 saturated carbocycles. The Morgan fingerprint density at radius 2 is 1.57 bits per heavy atom. The third kappa shape index (κ3) is 4.05. The SMILES string of the molecule is Clc1ccc(Cl)c(Nc2nccc(Nc3ccccc3Cl)n2)c1. The molecule has 3 rings (SSSR count). The van der Waals surface area contributed by atoms with Crippen LogP contribution in [0.3, 0.4) is 0 Å². The van der Waals surface area contributed by atoms with Crippen LogP contribution in [0.4, 0.5) is 23.1 Å². The van der Waals surface area contributed by atoms with Crippen molar-refractivity contribution in [2.75, 3.05) is 10.6 Å². The van der Waals surface area contributed by atoms with E-state index in [9.17, 15) is 0 Å². The largest absolute Gasteiger partial charge is 0.339 e. The van der Waals surface area contributed by atoms with Crippen molar-refractivity contribution >= 4 is 57.9 Å². The highest BCUT2D eigenvalue weighted by atomic mass is 35.5. The maximum absolute atomic E-state index is 6.13. The lowest BCUT2D eigenvalue weighted by Crippen LogP contribution is -2.01. The molecule has 0 saturated heterocycles. The Labute approximate surface area is 148 Å². The minimum Gasteiger partial charge on any atom is -0.339 e. The Hall–Kier alpha value is -2.01. The van der Waals surface area contributed by atoms with Gasteiger partial charge in [0.25, 0.3) is 0 Å². The summed E-state index contributed by atoms with van der Waals surface area (Å²) in [5, 5.41) is 7.90. The predicted octanol–water partition coefficient (Wildman–Crippen LogP) is 5.92. The predicted molar refractivity (Wildman–Crippen MR) is 96.5 cm³/mol. The van der Waals surface area contributed by atoms with Gasteiger partial charge in [0, 0.05) is 11.2 Å². The van der Waals surface area contributed by atoms with E-state index in [1.54, 1.807) is 36.5 Å². The Kier molecular flexibility index (Phi) is 4.86. The lowest BCUT2D eigenvalue weighted by molar-refractivity contribution is 1.17. The molecule has 0 spiro atoms. The number of hydrogen-bond donors (Lipinski definition) is 2. The lowest BCUT2D eigenvalue weighted by Gasteiger charge is -2.10. The van der Waals surface area contributed by atoms with E-state index in [0.29, 0.717) is 32.5 Å². The number of nitrogens with one attached hydrogen (secondary N) is 2. The normalized spacial score (nSPS) is 10.4. The third-order valence-corrected chi connectivity index (χ3v) is 3.86. The van der Waals surface area contributed by atoms with Crippen LogP contribution in [0.1, 0.15) is 0 Å². The summed E-state index contributed by atoms with van der Waals surface area (Å²) >= 11 is 18.2. The van der Waals surface area contributed by atoms with Crippen molar-refractivity contribution in [3.05, 3.63) is 69.8 Å². The highest BCUT2D eigenvalue weighted by Crippen LogP contribution is 2.28. The molecule has 4 nitrogen and oxygen atoms in total. The van der Waals surface area contributed by atoms with E-state index in [-0.39, 0.29) is 0 Å². The molecule has 0 amide bonds. The highest BCUT2D eigenvalue weighted by molar-refractivity contribution is 6.35. The summed E-state index contributed by atoms with van der Waals surface area (Å²) < 4.78 is 0. The Bertz CT molecular complexity index is 839. The summed E-state index contributed by atoms with van der Waals surface area (Å²) in [6.07, 6.45) is 1.63. The van der Waals surface area contributed by atoms with E-state index >= 15 is 0 Å². The first-order valence-electron chi connectivity index (χ1n) is 6.68. The Morgan fingerprint density at radius 1 is 0.783 bits per heavy atom. The van der Waals surface area contributed by atoms with Gasteiger partial charge in [0.15, 0.2) is 0 Å². The number of aromatic nitrogens is 2. The molecule has 3 aromatic rings. The van der Waals surface area contributed by atoms with Crippen LogP contribution in [0.2, 0.25) is 15.1 Å². The second-order valence-corrected chi connectivity index (χ2v) is 5.87. The molecule has 0 bridgehead atoms. The van der Waals surface area contributed by atoms with Crippen molar-refractivity contribution in [1.82, 2.24) is 9.97 Å². The van der Waals surface area contributed by atoms with Crippen LogP contribution in [0, 0.1) is 0 Å². The summed E-state index contributed by atoms with van der Waals surface area (Å²) in [7, 11) is 0. The fourth-order valence-corrected chi connectivity index (χ4v) is 2.42. The molecule has 23 heavy (non-hydrogen) atoms. The molecule has 0 aliphatic rings. The van der Waals surface area contributed by atoms with E-state index in [1.807, 2.05) is 18.2 Å². The molecule has 116 valence electrons. The van der Waals surface area contributed by atoms with E-state index in [4.69, 9.17) is 34.8 Å². The van der Waals surface area contributed by atoms with E-state index in [2.05, 4.69) is 20.6 Å². The number of anilines is 4. The van der Waals surface area contributed by atoms with Crippen molar-refractivity contribution in [3.8, 4) is 0 Å². The van der Waals surface area contributed by atoms with Gasteiger partial charge >= 0.3 is 0 Å². The fraction of sp³-hybridized carbons (Fsp3) is 0. The highest BCUT2D eigenvalue weighted by Gasteiger charge is 2.06. The zero-order chi connectivity index (χ0) is 16.2. The summed E-state index contributed by atoms with van der Waals surface area (Å²) in [5.74, 6) is 1.000. The van der Waals surface area contributed by atoms with Gasteiger partial charge < -0.3 is 10.6 Å². The standard InChI is InChI=1S/C16H11Cl3N4/c17-10-5-6-12(19)14(9-10)22-16-20-8-7-15(23-16)21-13-4-2-1-3-11(13)18/h1-9H,(H2,20,21,22,23). The molecule has 1 aromatic heterocycles. The molecule has 0 fully saturated rings. The first kappa shape index (κ1) is 15.9. The van der Waals surface area contributed by atoms with Gasteiger partial charge in [-0.1, -0.05) is 46.9 Å². The van der Waals surface area contributed by atoms with Crippen LogP contribution in [0.15, 0.2) is 54.7 Å². The number of hydrogen-bond acceptors (Lipinski definition) is 4. The minimum atomic E-state index is 0.395. The molecule has 7 heteroatoms. The van der Waals surface area contributed by atoms with Crippen molar-refractivity contribution in [1.29, 1.82) is 0 Å². The molecule has 2 N–H and O–H groups in total. The van der Waals surface area contributed by atoms with Crippen molar-refractivity contribution in [2.24, 2.45) is 0 Å². The average molecular weight is 366 g/mol. The Morgan fingerprint density at radius 3 is 2.39 bits per heavy atom. The average Bonchev–Trinajstić information content (AvgIpc) is 2.54. The smallest absolute Gasteiger partial charge is 0.229 e. The third-order valence-electron chi connectivity index (χ3n) is 2.97. The van der Waals surface area contributed by atoms with Gasteiger partial charge in [-0.05, 0) is 36.4 Å². The molecule has 0 aliphatic heterocycles. The van der Waals surface area contributed by atoms with E-state index in [1.165, 1.54) is 0 Å². The van der Waals surface area contributed by atoms with Gasteiger partial charge in [-0.25, -0.2) is 4.98 Å². The summed E-state index contributed by atoms with van der Waals surface area (Å²) in [6.45, 7) is 0. The van der Waals surface area contributed by atoms with Crippen LogP contribution in [-0.4, -0.2) is 9.97 Å². The van der Waals surface area contributed by atoms with Crippen LogP contribution in [-0.2, 0) is 0 Å². The van der Waals surface area contributed by atoms with Crippen molar-refractivity contribution in [2.45, 2.75) is 0 Å². The fourth-order valence-electron chi connectivity index (χ4n) is 1.90. The maximum Gasteiger partial charge on any atom is 0.229 e. The zero-order valence-corrected chi connectivity index (χ0v) is 14.0. The van der Waals surface area contributed by atoms with Gasteiger partial charge in [0.1, 0.15) is 5.82 Å². The first-order chi connectivity index (χ1) is 11.1. The maximum atomic E-state index is 6.13. The minimum absolute atomic E-state index is 0.395. The van der Waals surface area contributed by atoms with Crippen LogP contribution in [0.25, 0.3) is 0 Å². The van der Waals surface area contributed by atoms with Gasteiger partial charge in [0.05, 0.1) is 21.4 Å². The van der Waals surface area contributed by atoms with Crippen LogP contribution < -0.4 is 10.6 Å². The van der Waals surface area contributed by atoms with Gasteiger partial charge in [-0.2, -0.15) is 4.98 Å². The molecule has 0 radical (unpaired) electrons. The molecule has 0 atom stereocenters. The molecule has 2 aromatic carbocycles. The number of benzene rings is 2. The van der Waals surface area contributed by atoms with Gasteiger partial charge in [-0.3, -0.25) is 0 Å². The zero-order valence-electron chi connectivity index (χ0n) is 11.7. The second kappa shape index (κ2) is 7.04. The first-order valence-corrected chi connectivity index (χ1v) is 7.82. The van der Waals surface area contributed by atoms with Gasteiger partial charge in [0.2, 0.25) is 5.95 Å². The molecular formula is C16H11Cl3N4. The van der Waals surface area contributed by atoms with Crippen LogP contribution >= 0.6 is 34.8 Å².